The summed E-state index contributed by atoms with van der Waals surface area (Å²) in [5.41, 5.74) is 2.04. The van der Waals surface area contributed by atoms with Crippen LogP contribution in [0.4, 0.5) is 5.69 Å². The lowest BCUT2D eigenvalue weighted by Crippen LogP contribution is -2.50. The monoisotopic (exact) mass is 190 g/mol. The van der Waals surface area contributed by atoms with Crippen molar-refractivity contribution in [3.63, 3.8) is 0 Å². The molecule has 0 saturated heterocycles. The van der Waals surface area contributed by atoms with Crippen LogP contribution >= 0.6 is 0 Å². The van der Waals surface area contributed by atoms with Gasteiger partial charge < -0.3 is 10.6 Å². The van der Waals surface area contributed by atoms with Crippen molar-refractivity contribution in [1.82, 2.24) is 5.32 Å². The van der Waals surface area contributed by atoms with Crippen LogP contribution in [0, 0.1) is 0 Å². The molecule has 1 aliphatic heterocycles. The second-order valence-electron chi connectivity index (χ2n) is 3.97. The zero-order valence-corrected chi connectivity index (χ0v) is 8.42. The van der Waals surface area contributed by atoms with Gasteiger partial charge in [0.05, 0.1) is 0 Å². The zero-order chi connectivity index (χ0) is 10.2. The Morgan fingerprint density at radius 3 is 2.86 bits per heavy atom. The number of hydrogen-bond donors (Lipinski definition) is 2. The highest BCUT2D eigenvalue weighted by Gasteiger charge is 2.32. The van der Waals surface area contributed by atoms with Gasteiger partial charge in [0.25, 0.3) is 0 Å². The fourth-order valence-electron chi connectivity index (χ4n) is 1.98. The first kappa shape index (κ1) is 9.06. The highest BCUT2D eigenvalue weighted by Crippen LogP contribution is 2.30. The van der Waals surface area contributed by atoms with Crippen molar-refractivity contribution >= 4 is 11.6 Å². The van der Waals surface area contributed by atoms with Gasteiger partial charge in [-0.25, -0.2) is 0 Å². The molecule has 14 heavy (non-hydrogen) atoms. The van der Waals surface area contributed by atoms with Crippen molar-refractivity contribution in [2.24, 2.45) is 0 Å². The molecule has 3 heteroatoms. The number of fused-ring (bicyclic) bond motifs is 1. The molecule has 3 nitrogen and oxygen atoms in total. The van der Waals surface area contributed by atoms with Gasteiger partial charge in [0, 0.05) is 19.0 Å². The number of carbonyl (C=O) groups is 1. The fraction of sp³-hybridized carbons (Fsp3) is 0.364. The summed E-state index contributed by atoms with van der Waals surface area (Å²) in [5, 5.41) is 6.23. The topological polar surface area (TPSA) is 41.1 Å². The van der Waals surface area contributed by atoms with Gasteiger partial charge in [-0.05, 0) is 18.6 Å². The third-order valence-electron chi connectivity index (χ3n) is 2.42. The summed E-state index contributed by atoms with van der Waals surface area (Å²) in [6, 6.07) is 8.11. The van der Waals surface area contributed by atoms with E-state index in [0.29, 0.717) is 0 Å². The molecule has 0 saturated carbocycles. The smallest absolute Gasteiger partial charge is 0.218 e. The van der Waals surface area contributed by atoms with E-state index in [1.165, 1.54) is 12.5 Å². The first-order valence-electron chi connectivity index (χ1n) is 4.74. The molecule has 1 amide bonds. The Morgan fingerprint density at radius 2 is 2.21 bits per heavy atom. The molecule has 0 spiro atoms. The van der Waals surface area contributed by atoms with E-state index in [1.54, 1.807) is 0 Å². The van der Waals surface area contributed by atoms with E-state index in [1.807, 2.05) is 25.1 Å². The van der Waals surface area contributed by atoms with E-state index >= 15 is 0 Å². The maximum atomic E-state index is 11.0. The van der Waals surface area contributed by atoms with Crippen molar-refractivity contribution in [2.45, 2.75) is 25.9 Å². The molecule has 0 radical (unpaired) electrons. The van der Waals surface area contributed by atoms with E-state index in [4.69, 9.17) is 0 Å². The molecule has 0 aliphatic carbocycles. The normalized spacial score (nSPS) is 23.9. The molecule has 0 aromatic heterocycles. The molecule has 0 fully saturated rings. The van der Waals surface area contributed by atoms with Gasteiger partial charge >= 0.3 is 0 Å². The van der Waals surface area contributed by atoms with Crippen LogP contribution < -0.4 is 10.6 Å². The maximum Gasteiger partial charge on any atom is 0.218 e. The maximum absolute atomic E-state index is 11.0. The van der Waals surface area contributed by atoms with Gasteiger partial charge in [0.1, 0.15) is 5.66 Å². The van der Waals surface area contributed by atoms with E-state index < -0.39 is 0 Å². The molecule has 1 heterocycles. The Morgan fingerprint density at radius 1 is 1.50 bits per heavy atom. The lowest BCUT2D eigenvalue weighted by atomic mass is 10.1. The SMILES string of the molecule is CC(=O)N[C@]1(C)Cc2ccccc2N1. The van der Waals surface area contributed by atoms with Crippen molar-refractivity contribution in [3.05, 3.63) is 29.8 Å². The molecular formula is C11H14N2O. The van der Waals surface area contributed by atoms with Gasteiger partial charge in [-0.2, -0.15) is 0 Å². The summed E-state index contributed by atoms with van der Waals surface area (Å²) < 4.78 is 0. The number of rotatable bonds is 1. The predicted molar refractivity (Wildman–Crippen MR) is 56.0 cm³/mol. The third kappa shape index (κ3) is 1.58. The van der Waals surface area contributed by atoms with Crippen LogP contribution in [0.5, 0.6) is 0 Å². The van der Waals surface area contributed by atoms with E-state index in [2.05, 4.69) is 16.7 Å². The molecule has 0 bridgehead atoms. The molecule has 2 rings (SSSR count). The lowest BCUT2D eigenvalue weighted by molar-refractivity contribution is -0.120. The first-order valence-corrected chi connectivity index (χ1v) is 4.74. The number of benzene rings is 1. The van der Waals surface area contributed by atoms with Crippen LogP contribution in [-0.4, -0.2) is 11.6 Å². The second-order valence-corrected chi connectivity index (χ2v) is 3.97. The summed E-state index contributed by atoms with van der Waals surface area (Å²) in [5.74, 6) is -0.00666. The number of anilines is 1. The Bertz CT molecular complexity index is 348. The molecule has 74 valence electrons. The summed E-state index contributed by atoms with van der Waals surface area (Å²) in [4.78, 5) is 11.0. The van der Waals surface area contributed by atoms with Crippen LogP contribution in [0.1, 0.15) is 19.4 Å². The Labute approximate surface area is 83.5 Å². The van der Waals surface area contributed by atoms with Crippen LogP contribution in [0.25, 0.3) is 0 Å². The van der Waals surface area contributed by atoms with Gasteiger partial charge in [0.2, 0.25) is 5.91 Å². The van der Waals surface area contributed by atoms with Crippen LogP contribution in [0.2, 0.25) is 0 Å². The van der Waals surface area contributed by atoms with Gasteiger partial charge in [-0.3, -0.25) is 4.79 Å². The minimum Gasteiger partial charge on any atom is -0.363 e. The van der Waals surface area contributed by atoms with Crippen molar-refractivity contribution in [1.29, 1.82) is 0 Å². The zero-order valence-electron chi connectivity index (χ0n) is 8.42. The van der Waals surface area contributed by atoms with E-state index in [0.717, 1.165) is 12.1 Å². The molecule has 0 unspecified atom stereocenters. The number of amides is 1. The Kier molecular flexibility index (Phi) is 1.95. The second kappa shape index (κ2) is 3.01. The van der Waals surface area contributed by atoms with Crippen LogP contribution in [-0.2, 0) is 11.2 Å². The quantitative estimate of drug-likeness (QED) is 0.704. The highest BCUT2D eigenvalue weighted by atomic mass is 16.1. The largest absolute Gasteiger partial charge is 0.363 e. The number of hydrogen-bond acceptors (Lipinski definition) is 2. The standard InChI is InChI=1S/C11H14N2O/c1-8(14)12-11(2)7-9-5-3-4-6-10(9)13-11/h3-6,13H,7H2,1-2H3,(H,12,14)/t11-/m0/s1. The number of nitrogens with one attached hydrogen (secondary N) is 2. The molecule has 1 aromatic carbocycles. The average molecular weight is 190 g/mol. The number of para-hydroxylation sites is 1. The van der Waals surface area contributed by atoms with Gasteiger partial charge in [-0.15, -0.1) is 0 Å². The molecule has 1 atom stereocenters. The molecule has 2 N–H and O–H groups in total. The lowest BCUT2D eigenvalue weighted by Gasteiger charge is -2.25. The van der Waals surface area contributed by atoms with Crippen LogP contribution in [0.15, 0.2) is 24.3 Å². The molecule has 1 aliphatic rings. The van der Waals surface area contributed by atoms with E-state index in [-0.39, 0.29) is 11.6 Å². The summed E-state index contributed by atoms with van der Waals surface area (Å²) in [6.07, 6.45) is 0.836. The third-order valence-corrected chi connectivity index (χ3v) is 2.42. The van der Waals surface area contributed by atoms with Crippen molar-refractivity contribution in [2.75, 3.05) is 5.32 Å². The average Bonchev–Trinajstić information content (AvgIpc) is 2.38. The first-order chi connectivity index (χ1) is 6.59. The minimum absolute atomic E-state index is 0.00666. The summed E-state index contributed by atoms with van der Waals surface area (Å²) in [7, 11) is 0. The molecule has 1 aromatic rings. The van der Waals surface area contributed by atoms with Gasteiger partial charge in [0.15, 0.2) is 0 Å². The van der Waals surface area contributed by atoms with Gasteiger partial charge in [-0.1, -0.05) is 18.2 Å². The minimum atomic E-state index is -0.324. The summed E-state index contributed by atoms with van der Waals surface area (Å²) in [6.45, 7) is 3.53. The van der Waals surface area contributed by atoms with Crippen molar-refractivity contribution < 1.29 is 4.79 Å². The van der Waals surface area contributed by atoms with E-state index in [9.17, 15) is 4.79 Å². The predicted octanol–water partition coefficient (Wildman–Crippen LogP) is 1.51. The van der Waals surface area contributed by atoms with Crippen molar-refractivity contribution in [3.8, 4) is 0 Å². The highest BCUT2D eigenvalue weighted by molar-refractivity contribution is 5.75. The Hall–Kier alpha value is -1.51. The fourth-order valence-corrected chi connectivity index (χ4v) is 1.98. The Balaban J connectivity index is 2.21. The van der Waals surface area contributed by atoms with Crippen LogP contribution in [0.3, 0.4) is 0 Å². The summed E-state index contributed by atoms with van der Waals surface area (Å²) >= 11 is 0. The number of carbonyl (C=O) groups excluding carboxylic acids is 1. The molecular weight excluding hydrogens is 176 g/mol.